The lowest BCUT2D eigenvalue weighted by molar-refractivity contribution is -0.146. The van der Waals surface area contributed by atoms with Gasteiger partial charge in [0.15, 0.2) is 0 Å². The van der Waals surface area contributed by atoms with E-state index in [1.54, 1.807) is 27.7 Å². The summed E-state index contributed by atoms with van der Waals surface area (Å²) >= 11 is 0. The molecule has 31 heavy (non-hydrogen) atoms. The van der Waals surface area contributed by atoms with Crippen molar-refractivity contribution in [2.24, 2.45) is 23.3 Å². The van der Waals surface area contributed by atoms with Crippen molar-refractivity contribution in [2.75, 3.05) is 6.54 Å². The van der Waals surface area contributed by atoms with Crippen molar-refractivity contribution in [2.45, 2.75) is 77.5 Å². The number of nitrogens with one attached hydrogen (secondary N) is 2. The van der Waals surface area contributed by atoms with E-state index in [1.165, 1.54) is 4.90 Å². The van der Waals surface area contributed by atoms with Gasteiger partial charge in [-0.2, -0.15) is 0 Å². The van der Waals surface area contributed by atoms with E-state index in [-0.39, 0.29) is 31.2 Å². The molecule has 1 aliphatic rings. The summed E-state index contributed by atoms with van der Waals surface area (Å²) in [4.78, 5) is 62.3. The number of carbonyl (C=O) groups is 5. The molecule has 1 rings (SSSR count). The number of carbonyl (C=O) groups excluding carboxylic acids is 4. The molecule has 1 aliphatic heterocycles. The quantitative estimate of drug-likeness (QED) is 0.270. The molecule has 0 aromatic rings. The fourth-order valence-corrected chi connectivity index (χ4v) is 3.38. The molecule has 4 atom stereocenters. The molecular weight excluding hydrogens is 406 g/mol. The summed E-state index contributed by atoms with van der Waals surface area (Å²) < 4.78 is 0. The van der Waals surface area contributed by atoms with Gasteiger partial charge in [0.1, 0.15) is 18.1 Å². The smallest absolute Gasteiger partial charge is 0.326 e. The minimum atomic E-state index is -1.16. The molecule has 4 amide bonds. The van der Waals surface area contributed by atoms with Gasteiger partial charge in [0.25, 0.3) is 0 Å². The summed E-state index contributed by atoms with van der Waals surface area (Å²) in [5.74, 6) is -3.92. The number of aliphatic carboxylic acids is 1. The molecule has 11 heteroatoms. The number of amides is 4. The molecule has 0 aromatic carbocycles. The Bertz CT molecular complexity index is 696. The van der Waals surface area contributed by atoms with Crippen LogP contribution in [0.2, 0.25) is 0 Å². The molecule has 176 valence electrons. The van der Waals surface area contributed by atoms with Crippen LogP contribution in [0.25, 0.3) is 0 Å². The van der Waals surface area contributed by atoms with Gasteiger partial charge in [0, 0.05) is 13.0 Å². The van der Waals surface area contributed by atoms with Crippen molar-refractivity contribution in [3.63, 3.8) is 0 Å². The third-order valence-electron chi connectivity index (χ3n) is 5.38. The summed E-state index contributed by atoms with van der Waals surface area (Å²) in [5, 5.41) is 14.4. The lowest BCUT2D eigenvalue weighted by atomic mass is 10.0. The van der Waals surface area contributed by atoms with Gasteiger partial charge in [-0.25, -0.2) is 4.79 Å². The zero-order valence-corrected chi connectivity index (χ0v) is 18.6. The number of rotatable bonds is 11. The minimum Gasteiger partial charge on any atom is -0.480 e. The van der Waals surface area contributed by atoms with Crippen molar-refractivity contribution < 1.29 is 29.1 Å². The van der Waals surface area contributed by atoms with Gasteiger partial charge in [-0.3, -0.25) is 19.2 Å². The SMILES string of the molecule is CC(C)C(N)C(=O)NC(CCC(N)=O)C(=O)N1CCCC1C(=O)NC(C(=O)O)C(C)C. The molecule has 1 heterocycles. The largest absolute Gasteiger partial charge is 0.480 e. The van der Waals surface area contributed by atoms with Crippen LogP contribution in [0.1, 0.15) is 53.4 Å². The molecule has 0 saturated carbocycles. The highest BCUT2D eigenvalue weighted by molar-refractivity contribution is 5.94. The van der Waals surface area contributed by atoms with Crippen LogP contribution in [0.3, 0.4) is 0 Å². The van der Waals surface area contributed by atoms with Crippen LogP contribution in [0.4, 0.5) is 0 Å². The second-order valence-electron chi connectivity index (χ2n) is 8.59. The molecule has 0 spiro atoms. The van der Waals surface area contributed by atoms with Gasteiger partial charge in [-0.05, 0) is 31.1 Å². The molecular formula is C20H35N5O6. The summed E-state index contributed by atoms with van der Waals surface area (Å²) in [7, 11) is 0. The molecule has 11 nitrogen and oxygen atoms in total. The molecule has 1 saturated heterocycles. The fraction of sp³-hybridized carbons (Fsp3) is 0.750. The standard InChI is InChI=1S/C20H35N5O6/c1-10(2)15(22)18(28)23-12(7-8-14(21)26)19(29)25-9-5-6-13(25)17(27)24-16(11(3)4)20(30)31/h10-13,15-16H,5-9,22H2,1-4H3,(H2,21,26)(H,23,28)(H,24,27)(H,30,31). The molecule has 1 fully saturated rings. The lowest BCUT2D eigenvalue weighted by Gasteiger charge is -2.30. The summed E-state index contributed by atoms with van der Waals surface area (Å²) in [6, 6.07) is -3.86. The second-order valence-corrected chi connectivity index (χ2v) is 8.59. The maximum atomic E-state index is 13.2. The van der Waals surface area contributed by atoms with E-state index in [0.717, 1.165) is 0 Å². The number of hydrogen-bond donors (Lipinski definition) is 5. The van der Waals surface area contributed by atoms with Crippen LogP contribution < -0.4 is 22.1 Å². The zero-order chi connectivity index (χ0) is 23.9. The first-order chi connectivity index (χ1) is 14.4. The van der Waals surface area contributed by atoms with Crippen LogP contribution >= 0.6 is 0 Å². The Morgan fingerprint density at radius 2 is 1.68 bits per heavy atom. The number of likely N-dealkylation sites (tertiary alicyclic amines) is 1. The van der Waals surface area contributed by atoms with Crippen LogP contribution in [0.15, 0.2) is 0 Å². The minimum absolute atomic E-state index is 0.0285. The van der Waals surface area contributed by atoms with E-state index in [4.69, 9.17) is 11.5 Å². The van der Waals surface area contributed by atoms with Gasteiger partial charge in [-0.1, -0.05) is 27.7 Å². The van der Waals surface area contributed by atoms with Crippen LogP contribution in [0, 0.1) is 11.8 Å². The van der Waals surface area contributed by atoms with Crippen molar-refractivity contribution in [3.05, 3.63) is 0 Å². The van der Waals surface area contributed by atoms with Crippen molar-refractivity contribution >= 4 is 29.6 Å². The fourth-order valence-electron chi connectivity index (χ4n) is 3.38. The molecule has 0 radical (unpaired) electrons. The van der Waals surface area contributed by atoms with Crippen molar-refractivity contribution in [1.29, 1.82) is 0 Å². The Labute approximate surface area is 182 Å². The first-order valence-electron chi connectivity index (χ1n) is 10.5. The van der Waals surface area contributed by atoms with Gasteiger partial charge in [0.05, 0.1) is 6.04 Å². The number of carboxylic acid groups (broad SMARTS) is 1. The highest BCUT2D eigenvalue weighted by atomic mass is 16.4. The zero-order valence-electron chi connectivity index (χ0n) is 18.6. The van der Waals surface area contributed by atoms with E-state index < -0.39 is 53.8 Å². The summed E-state index contributed by atoms with van der Waals surface area (Å²) in [5.41, 5.74) is 11.1. The molecule has 0 aliphatic carbocycles. The summed E-state index contributed by atoms with van der Waals surface area (Å²) in [6.07, 6.45) is 0.751. The highest BCUT2D eigenvalue weighted by Crippen LogP contribution is 2.20. The van der Waals surface area contributed by atoms with E-state index in [0.29, 0.717) is 12.8 Å². The first-order valence-corrected chi connectivity index (χ1v) is 10.5. The van der Waals surface area contributed by atoms with Gasteiger partial charge < -0.3 is 32.1 Å². The number of carboxylic acids is 1. The normalized spacial score (nSPS) is 19.1. The Morgan fingerprint density at radius 1 is 1.06 bits per heavy atom. The number of primary amides is 1. The van der Waals surface area contributed by atoms with E-state index in [9.17, 15) is 29.1 Å². The molecule has 0 bridgehead atoms. The van der Waals surface area contributed by atoms with E-state index >= 15 is 0 Å². The average Bonchev–Trinajstić information content (AvgIpc) is 3.16. The van der Waals surface area contributed by atoms with Crippen LogP contribution in [-0.4, -0.2) is 70.3 Å². The molecule has 0 aromatic heterocycles. The monoisotopic (exact) mass is 441 g/mol. The highest BCUT2D eigenvalue weighted by Gasteiger charge is 2.39. The van der Waals surface area contributed by atoms with Crippen molar-refractivity contribution in [1.82, 2.24) is 15.5 Å². The Hall–Kier alpha value is -2.69. The maximum Gasteiger partial charge on any atom is 0.326 e. The van der Waals surface area contributed by atoms with E-state index in [1.807, 2.05) is 0 Å². The number of hydrogen-bond acceptors (Lipinski definition) is 6. The van der Waals surface area contributed by atoms with Gasteiger partial charge in [0.2, 0.25) is 23.6 Å². The third-order valence-corrected chi connectivity index (χ3v) is 5.38. The van der Waals surface area contributed by atoms with Crippen LogP contribution in [0.5, 0.6) is 0 Å². The molecule has 7 N–H and O–H groups in total. The second kappa shape index (κ2) is 11.6. The van der Waals surface area contributed by atoms with Crippen molar-refractivity contribution in [3.8, 4) is 0 Å². The van der Waals surface area contributed by atoms with E-state index in [2.05, 4.69) is 10.6 Å². The topological polar surface area (TPSA) is 185 Å². The predicted molar refractivity (Wildman–Crippen MR) is 112 cm³/mol. The Balaban J connectivity index is 2.99. The van der Waals surface area contributed by atoms with Crippen LogP contribution in [-0.2, 0) is 24.0 Å². The summed E-state index contributed by atoms with van der Waals surface area (Å²) in [6.45, 7) is 7.14. The molecule has 4 unspecified atom stereocenters. The first kappa shape index (κ1) is 26.3. The maximum absolute atomic E-state index is 13.2. The predicted octanol–water partition coefficient (Wildman–Crippen LogP) is -1.06. The lowest BCUT2D eigenvalue weighted by Crippen LogP contribution is -2.57. The number of nitrogens with zero attached hydrogens (tertiary/aromatic N) is 1. The van der Waals surface area contributed by atoms with Gasteiger partial charge in [-0.15, -0.1) is 0 Å². The van der Waals surface area contributed by atoms with Gasteiger partial charge >= 0.3 is 5.97 Å². The third kappa shape index (κ3) is 7.50. The average molecular weight is 442 g/mol. The Kier molecular flexibility index (Phi) is 9.89. The Morgan fingerprint density at radius 3 is 2.16 bits per heavy atom. The number of nitrogens with two attached hydrogens (primary N) is 2.